The van der Waals surface area contributed by atoms with Crippen molar-refractivity contribution in [1.29, 1.82) is 0 Å². The Kier molecular flexibility index (Phi) is 5.64. The lowest BCUT2D eigenvalue weighted by atomic mass is 10.1. The van der Waals surface area contributed by atoms with Gasteiger partial charge in [0.05, 0.1) is 6.20 Å². The van der Waals surface area contributed by atoms with Crippen molar-refractivity contribution in [3.63, 3.8) is 0 Å². The van der Waals surface area contributed by atoms with E-state index in [1.54, 1.807) is 6.20 Å². The summed E-state index contributed by atoms with van der Waals surface area (Å²) in [6, 6.07) is 18.1. The number of hydrogen-bond donors (Lipinski definition) is 1. The second kappa shape index (κ2) is 8.67. The molecule has 1 aliphatic rings. The van der Waals surface area contributed by atoms with Gasteiger partial charge < -0.3 is 4.90 Å². The molecule has 5 nitrogen and oxygen atoms in total. The molecule has 1 amide bonds. The second-order valence-electron chi connectivity index (χ2n) is 6.97. The third kappa shape index (κ3) is 4.38. The van der Waals surface area contributed by atoms with Crippen LogP contribution in [0.2, 0.25) is 0 Å². The fourth-order valence-electron chi connectivity index (χ4n) is 3.46. The van der Waals surface area contributed by atoms with E-state index in [-0.39, 0.29) is 5.91 Å². The van der Waals surface area contributed by atoms with Crippen LogP contribution in [0.3, 0.4) is 0 Å². The van der Waals surface area contributed by atoms with Crippen LogP contribution in [-0.2, 0) is 0 Å². The van der Waals surface area contributed by atoms with E-state index < -0.39 is 0 Å². The lowest BCUT2D eigenvalue weighted by molar-refractivity contribution is 0.0650. The maximum absolute atomic E-state index is 12.9. The number of nitrogens with one attached hydrogen (secondary N) is 1. The van der Waals surface area contributed by atoms with Crippen molar-refractivity contribution in [2.75, 3.05) is 32.7 Å². The van der Waals surface area contributed by atoms with Gasteiger partial charge in [-0.1, -0.05) is 54.6 Å². The van der Waals surface area contributed by atoms with Crippen LogP contribution in [-0.4, -0.2) is 58.6 Å². The van der Waals surface area contributed by atoms with E-state index in [0.717, 1.165) is 49.4 Å². The molecule has 1 aromatic heterocycles. The molecule has 0 atom stereocenters. The van der Waals surface area contributed by atoms with E-state index in [9.17, 15) is 4.79 Å². The smallest absolute Gasteiger partial charge is 0.253 e. The summed E-state index contributed by atoms with van der Waals surface area (Å²) in [5, 5.41) is 6.80. The Morgan fingerprint density at radius 2 is 1.82 bits per heavy atom. The molecule has 142 valence electrons. The number of hydrogen-bond acceptors (Lipinski definition) is 3. The summed E-state index contributed by atoms with van der Waals surface area (Å²) in [4.78, 5) is 17.2. The molecular formula is C23H24N4O. The minimum Gasteiger partial charge on any atom is -0.336 e. The van der Waals surface area contributed by atoms with Gasteiger partial charge in [0.15, 0.2) is 0 Å². The van der Waals surface area contributed by atoms with Gasteiger partial charge in [0.1, 0.15) is 0 Å². The van der Waals surface area contributed by atoms with Crippen LogP contribution in [0.4, 0.5) is 0 Å². The molecule has 1 fully saturated rings. The Bertz CT molecular complexity index is 926. The molecule has 1 aliphatic heterocycles. The molecule has 3 aromatic rings. The third-order valence-electron chi connectivity index (χ3n) is 5.07. The van der Waals surface area contributed by atoms with E-state index in [1.807, 2.05) is 53.6 Å². The SMILES string of the molecule is O=C(c1cccc(-c2cn[nH]c2)c1)N1CCN(C/C=C/c2ccccc2)CC1. The van der Waals surface area contributed by atoms with Crippen LogP contribution in [0.15, 0.2) is 73.1 Å². The lowest BCUT2D eigenvalue weighted by Crippen LogP contribution is -2.48. The first-order valence-corrected chi connectivity index (χ1v) is 9.62. The monoisotopic (exact) mass is 372 g/mol. The summed E-state index contributed by atoms with van der Waals surface area (Å²) < 4.78 is 0. The number of aromatic nitrogens is 2. The van der Waals surface area contributed by atoms with Gasteiger partial charge in [-0.25, -0.2) is 0 Å². The average Bonchev–Trinajstić information content (AvgIpc) is 3.30. The van der Waals surface area contributed by atoms with Gasteiger partial charge in [-0.2, -0.15) is 5.10 Å². The van der Waals surface area contributed by atoms with Gasteiger partial charge in [0, 0.05) is 50.0 Å². The van der Waals surface area contributed by atoms with E-state index in [1.165, 1.54) is 5.56 Å². The van der Waals surface area contributed by atoms with Gasteiger partial charge in [-0.15, -0.1) is 0 Å². The van der Waals surface area contributed by atoms with Crippen LogP contribution in [0.1, 0.15) is 15.9 Å². The normalized spacial score (nSPS) is 15.2. The Hall–Kier alpha value is -3.18. The number of carbonyl (C=O) groups excluding carboxylic acids is 1. The highest BCUT2D eigenvalue weighted by Crippen LogP contribution is 2.20. The van der Waals surface area contributed by atoms with E-state index in [0.29, 0.717) is 0 Å². The Labute approximate surface area is 165 Å². The van der Waals surface area contributed by atoms with Crippen LogP contribution in [0, 0.1) is 0 Å². The summed E-state index contributed by atoms with van der Waals surface area (Å²) in [6.07, 6.45) is 7.96. The molecule has 28 heavy (non-hydrogen) atoms. The first-order chi connectivity index (χ1) is 13.8. The first kappa shape index (κ1) is 18.2. The zero-order chi connectivity index (χ0) is 19.2. The molecule has 0 bridgehead atoms. The fraction of sp³-hybridized carbons (Fsp3) is 0.217. The number of piperazine rings is 1. The van der Waals surface area contributed by atoms with E-state index in [4.69, 9.17) is 0 Å². The summed E-state index contributed by atoms with van der Waals surface area (Å²) in [7, 11) is 0. The molecule has 1 saturated heterocycles. The molecule has 0 radical (unpaired) electrons. The Balaban J connectivity index is 1.32. The number of aromatic amines is 1. The van der Waals surface area contributed by atoms with Gasteiger partial charge in [0.2, 0.25) is 0 Å². The fourth-order valence-corrected chi connectivity index (χ4v) is 3.46. The summed E-state index contributed by atoms with van der Waals surface area (Å²) in [6.45, 7) is 4.22. The minimum absolute atomic E-state index is 0.102. The van der Waals surface area contributed by atoms with Crippen molar-refractivity contribution in [3.8, 4) is 11.1 Å². The maximum atomic E-state index is 12.9. The Morgan fingerprint density at radius 1 is 1.00 bits per heavy atom. The van der Waals surface area contributed by atoms with Crippen molar-refractivity contribution in [2.24, 2.45) is 0 Å². The van der Waals surface area contributed by atoms with Crippen molar-refractivity contribution in [1.82, 2.24) is 20.0 Å². The second-order valence-corrected chi connectivity index (χ2v) is 6.97. The lowest BCUT2D eigenvalue weighted by Gasteiger charge is -2.34. The molecular weight excluding hydrogens is 348 g/mol. The molecule has 2 aromatic carbocycles. The molecule has 5 heteroatoms. The molecule has 0 aliphatic carbocycles. The number of benzene rings is 2. The zero-order valence-electron chi connectivity index (χ0n) is 15.8. The largest absolute Gasteiger partial charge is 0.336 e. The van der Waals surface area contributed by atoms with Crippen LogP contribution < -0.4 is 0 Å². The maximum Gasteiger partial charge on any atom is 0.253 e. The minimum atomic E-state index is 0.102. The highest BCUT2D eigenvalue weighted by atomic mass is 16.2. The van der Waals surface area contributed by atoms with Gasteiger partial charge in [0.25, 0.3) is 5.91 Å². The van der Waals surface area contributed by atoms with Crippen LogP contribution in [0.5, 0.6) is 0 Å². The molecule has 1 N–H and O–H groups in total. The standard InChI is InChI=1S/C23H24N4O/c28-23(21-10-4-9-20(16-21)22-17-24-25-18-22)27-14-12-26(13-15-27)11-5-8-19-6-2-1-3-7-19/h1-10,16-18H,11-15H2,(H,24,25)/b8-5+. The highest BCUT2D eigenvalue weighted by Gasteiger charge is 2.21. The predicted octanol–water partition coefficient (Wildman–Crippen LogP) is 3.55. The van der Waals surface area contributed by atoms with Crippen molar-refractivity contribution in [2.45, 2.75) is 0 Å². The zero-order valence-corrected chi connectivity index (χ0v) is 15.8. The van der Waals surface area contributed by atoms with Gasteiger partial charge in [-0.3, -0.25) is 14.8 Å². The molecule has 0 spiro atoms. The van der Waals surface area contributed by atoms with Crippen molar-refractivity contribution < 1.29 is 4.79 Å². The highest BCUT2D eigenvalue weighted by molar-refractivity contribution is 5.95. The first-order valence-electron chi connectivity index (χ1n) is 9.62. The Morgan fingerprint density at radius 3 is 2.57 bits per heavy atom. The average molecular weight is 372 g/mol. The number of rotatable bonds is 5. The molecule has 2 heterocycles. The van der Waals surface area contributed by atoms with E-state index >= 15 is 0 Å². The van der Waals surface area contributed by atoms with Gasteiger partial charge in [-0.05, 0) is 23.3 Å². The summed E-state index contributed by atoms with van der Waals surface area (Å²) >= 11 is 0. The summed E-state index contributed by atoms with van der Waals surface area (Å²) in [5.41, 5.74) is 3.94. The molecule has 0 unspecified atom stereocenters. The summed E-state index contributed by atoms with van der Waals surface area (Å²) in [5.74, 6) is 0.102. The quantitative estimate of drug-likeness (QED) is 0.745. The van der Waals surface area contributed by atoms with E-state index in [2.05, 4.69) is 39.4 Å². The molecule has 0 saturated carbocycles. The predicted molar refractivity (Wildman–Crippen MR) is 112 cm³/mol. The van der Waals surface area contributed by atoms with Gasteiger partial charge >= 0.3 is 0 Å². The number of carbonyl (C=O) groups is 1. The van der Waals surface area contributed by atoms with Crippen molar-refractivity contribution >= 4 is 12.0 Å². The number of H-pyrrole nitrogens is 1. The molecule has 4 rings (SSSR count). The third-order valence-corrected chi connectivity index (χ3v) is 5.07. The van der Waals surface area contributed by atoms with Crippen molar-refractivity contribution in [3.05, 3.63) is 84.2 Å². The van der Waals surface area contributed by atoms with Crippen LogP contribution >= 0.6 is 0 Å². The number of nitrogens with zero attached hydrogens (tertiary/aromatic N) is 3. The van der Waals surface area contributed by atoms with Crippen LogP contribution in [0.25, 0.3) is 17.2 Å². The topological polar surface area (TPSA) is 52.2 Å². The number of amides is 1.